The summed E-state index contributed by atoms with van der Waals surface area (Å²) in [6.45, 7) is 0. The summed E-state index contributed by atoms with van der Waals surface area (Å²) in [6, 6.07) is 32.0. The van der Waals surface area contributed by atoms with Gasteiger partial charge in [-0.1, -0.05) is 40.2 Å². The molecular weight excluding hydrogens is 530 g/mol. The molecule has 0 saturated heterocycles. The number of rotatable bonds is 3. The summed E-state index contributed by atoms with van der Waals surface area (Å²) in [5.41, 5.74) is 5.25. The number of guanidine groups is 1. The van der Waals surface area contributed by atoms with E-state index in [0.717, 1.165) is 49.5 Å². The lowest BCUT2D eigenvalue weighted by Gasteiger charge is -2.24. The average Bonchev–Trinajstić information content (AvgIpc) is 3.43. The Morgan fingerprint density at radius 3 is 2.38 bits per heavy atom. The molecule has 0 unspecified atom stereocenters. The van der Waals surface area contributed by atoms with Crippen molar-refractivity contribution in [1.82, 2.24) is 19.4 Å². The number of nitrogens with one attached hydrogen (secondary N) is 1. The third-order valence-electron chi connectivity index (χ3n) is 6.32. The van der Waals surface area contributed by atoms with Crippen LogP contribution in [0.1, 0.15) is 0 Å². The molecular formula is C28H20BrN7O. The standard InChI is InChI=1S/C28H20BrN7O/c1-37-21-16-12-19(13-17-21)30-27-31-24-8-4-5-9-25(24)35-26-22-6-2-3-7-23(22)32-36(26)33-28(35)34(27)20-14-10-18(29)11-15-20/h2-17H,1H3,(H,30,31). The zero-order valence-electron chi connectivity index (χ0n) is 19.7. The third kappa shape index (κ3) is 3.54. The summed E-state index contributed by atoms with van der Waals surface area (Å²) in [5.74, 6) is 2.06. The molecule has 0 bridgehead atoms. The first-order valence-corrected chi connectivity index (χ1v) is 12.5. The number of aromatic nitrogens is 4. The van der Waals surface area contributed by atoms with E-state index < -0.39 is 0 Å². The van der Waals surface area contributed by atoms with Gasteiger partial charge in [-0.3, -0.25) is 4.57 Å². The smallest absolute Gasteiger partial charge is 0.243 e. The number of hydrogen-bond acceptors (Lipinski definition) is 6. The molecule has 7 rings (SSSR count). The highest BCUT2D eigenvalue weighted by Crippen LogP contribution is 2.39. The molecule has 0 amide bonds. The van der Waals surface area contributed by atoms with E-state index >= 15 is 0 Å². The van der Waals surface area contributed by atoms with Gasteiger partial charge in [-0.25, -0.2) is 9.89 Å². The summed E-state index contributed by atoms with van der Waals surface area (Å²) >= 11 is 3.56. The van der Waals surface area contributed by atoms with Crippen molar-refractivity contribution >= 4 is 61.5 Å². The number of benzene rings is 4. The quantitative estimate of drug-likeness (QED) is 0.266. The molecule has 0 radical (unpaired) electrons. The molecule has 1 N–H and O–H groups in total. The van der Waals surface area contributed by atoms with Gasteiger partial charge >= 0.3 is 0 Å². The fourth-order valence-corrected chi connectivity index (χ4v) is 4.86. The minimum Gasteiger partial charge on any atom is -0.497 e. The largest absolute Gasteiger partial charge is 0.497 e. The topological polar surface area (TPSA) is 72.0 Å². The van der Waals surface area contributed by atoms with E-state index in [4.69, 9.17) is 19.9 Å². The lowest BCUT2D eigenvalue weighted by atomic mass is 10.2. The number of halogens is 1. The molecule has 37 heavy (non-hydrogen) atoms. The molecule has 4 aromatic carbocycles. The molecule has 2 aromatic heterocycles. The molecule has 3 heterocycles. The molecule has 0 aliphatic carbocycles. The average molecular weight is 550 g/mol. The maximum absolute atomic E-state index is 5.34. The number of methoxy groups -OCH3 is 1. The second-order valence-electron chi connectivity index (χ2n) is 8.56. The van der Waals surface area contributed by atoms with Crippen LogP contribution in [0.5, 0.6) is 5.75 Å². The molecule has 1 aliphatic rings. The zero-order chi connectivity index (χ0) is 24.9. The van der Waals surface area contributed by atoms with E-state index in [1.807, 2.05) is 89.8 Å². The summed E-state index contributed by atoms with van der Waals surface area (Å²) in [6.07, 6.45) is 0. The van der Waals surface area contributed by atoms with E-state index in [9.17, 15) is 0 Å². The van der Waals surface area contributed by atoms with E-state index in [-0.39, 0.29) is 0 Å². The van der Waals surface area contributed by atoms with Gasteiger partial charge in [0.15, 0.2) is 5.65 Å². The Kier molecular flexibility index (Phi) is 4.97. The van der Waals surface area contributed by atoms with Crippen molar-refractivity contribution in [3.8, 4) is 11.4 Å². The van der Waals surface area contributed by atoms with Crippen LogP contribution >= 0.6 is 15.9 Å². The predicted molar refractivity (Wildman–Crippen MR) is 150 cm³/mol. The van der Waals surface area contributed by atoms with E-state index in [2.05, 4.69) is 37.9 Å². The van der Waals surface area contributed by atoms with Crippen molar-refractivity contribution < 1.29 is 4.74 Å². The molecule has 1 aliphatic heterocycles. The van der Waals surface area contributed by atoms with Crippen LogP contribution in [0.2, 0.25) is 0 Å². The van der Waals surface area contributed by atoms with Crippen molar-refractivity contribution in [2.45, 2.75) is 0 Å². The van der Waals surface area contributed by atoms with E-state index in [0.29, 0.717) is 11.9 Å². The first-order valence-electron chi connectivity index (χ1n) is 11.7. The summed E-state index contributed by atoms with van der Waals surface area (Å²) < 4.78 is 10.2. The number of anilines is 3. The van der Waals surface area contributed by atoms with Crippen LogP contribution in [0.25, 0.3) is 22.2 Å². The Morgan fingerprint density at radius 1 is 0.811 bits per heavy atom. The second-order valence-corrected chi connectivity index (χ2v) is 9.47. The Bertz CT molecular complexity index is 1800. The SMILES string of the molecule is COc1ccc(NC2=Nc3ccccc3-n3c(nn4nc5ccccc5c34)N2c2ccc(Br)cc2)cc1. The van der Waals surface area contributed by atoms with Gasteiger partial charge < -0.3 is 10.1 Å². The number of ether oxygens (including phenoxy) is 1. The van der Waals surface area contributed by atoms with Gasteiger partial charge in [0.1, 0.15) is 5.75 Å². The van der Waals surface area contributed by atoms with Crippen LogP contribution in [0, 0.1) is 0 Å². The summed E-state index contributed by atoms with van der Waals surface area (Å²) in [7, 11) is 1.66. The Hall–Kier alpha value is -4.63. The first kappa shape index (κ1) is 21.6. The molecule has 0 fully saturated rings. The van der Waals surface area contributed by atoms with Gasteiger partial charge in [0.2, 0.25) is 11.9 Å². The first-order chi connectivity index (χ1) is 18.2. The lowest BCUT2D eigenvalue weighted by molar-refractivity contribution is 0.415. The Labute approximate surface area is 220 Å². The van der Waals surface area contributed by atoms with Crippen LogP contribution in [0.4, 0.5) is 23.0 Å². The summed E-state index contributed by atoms with van der Waals surface area (Å²) in [4.78, 5) is 7.13. The van der Waals surface area contributed by atoms with Gasteiger partial charge in [0.05, 0.1) is 29.7 Å². The van der Waals surface area contributed by atoms with Crippen LogP contribution in [-0.2, 0) is 0 Å². The molecule has 180 valence electrons. The number of aliphatic imine (C=N–C) groups is 1. The maximum Gasteiger partial charge on any atom is 0.243 e. The van der Waals surface area contributed by atoms with Crippen molar-refractivity contribution in [3.05, 3.63) is 102 Å². The highest BCUT2D eigenvalue weighted by molar-refractivity contribution is 9.10. The normalized spacial score (nSPS) is 12.7. The molecule has 0 saturated carbocycles. The molecule has 8 nitrogen and oxygen atoms in total. The van der Waals surface area contributed by atoms with E-state index in [1.54, 1.807) is 11.7 Å². The van der Waals surface area contributed by atoms with Crippen molar-refractivity contribution in [2.24, 2.45) is 4.99 Å². The van der Waals surface area contributed by atoms with Crippen molar-refractivity contribution in [1.29, 1.82) is 0 Å². The van der Waals surface area contributed by atoms with Gasteiger partial charge in [-0.15, -0.1) is 14.8 Å². The highest BCUT2D eigenvalue weighted by Gasteiger charge is 2.30. The zero-order valence-corrected chi connectivity index (χ0v) is 21.3. The molecule has 0 atom stereocenters. The van der Waals surface area contributed by atoms with Gasteiger partial charge in [0, 0.05) is 15.5 Å². The van der Waals surface area contributed by atoms with Crippen LogP contribution in [0.15, 0.2) is 107 Å². The fourth-order valence-electron chi connectivity index (χ4n) is 4.60. The van der Waals surface area contributed by atoms with Gasteiger partial charge in [-0.05, 0) is 72.8 Å². The Morgan fingerprint density at radius 2 is 1.57 bits per heavy atom. The lowest BCUT2D eigenvalue weighted by Crippen LogP contribution is -2.33. The third-order valence-corrected chi connectivity index (χ3v) is 6.85. The monoisotopic (exact) mass is 549 g/mol. The maximum atomic E-state index is 5.34. The second kappa shape index (κ2) is 8.49. The highest BCUT2D eigenvalue weighted by atomic mass is 79.9. The van der Waals surface area contributed by atoms with Crippen LogP contribution in [0.3, 0.4) is 0 Å². The Balaban J connectivity index is 1.51. The van der Waals surface area contributed by atoms with E-state index in [1.165, 1.54) is 0 Å². The minimum absolute atomic E-state index is 0.608. The fraction of sp³-hybridized carbons (Fsp3) is 0.0357. The minimum atomic E-state index is 0.608. The van der Waals surface area contributed by atoms with Crippen LogP contribution in [-0.4, -0.2) is 32.5 Å². The van der Waals surface area contributed by atoms with Crippen molar-refractivity contribution in [2.75, 3.05) is 17.3 Å². The molecule has 0 spiro atoms. The van der Waals surface area contributed by atoms with Crippen LogP contribution < -0.4 is 15.0 Å². The number of fused-ring (bicyclic) bond motifs is 7. The number of nitrogens with zero attached hydrogens (tertiary/aromatic N) is 6. The summed E-state index contributed by atoms with van der Waals surface area (Å²) in [5, 5.41) is 14.3. The van der Waals surface area contributed by atoms with Gasteiger partial charge in [-0.2, -0.15) is 0 Å². The number of hydrogen-bond donors (Lipinski definition) is 1. The molecule has 6 aromatic rings. The van der Waals surface area contributed by atoms with Crippen molar-refractivity contribution in [3.63, 3.8) is 0 Å². The predicted octanol–water partition coefficient (Wildman–Crippen LogP) is 6.70. The molecule has 9 heteroatoms. The van der Waals surface area contributed by atoms with Gasteiger partial charge in [0.25, 0.3) is 0 Å². The number of para-hydroxylation sites is 2.